The lowest BCUT2D eigenvalue weighted by Gasteiger charge is -2.16. The van der Waals surface area contributed by atoms with Crippen molar-refractivity contribution in [3.05, 3.63) is 35.4 Å². The summed E-state index contributed by atoms with van der Waals surface area (Å²) in [6, 6.07) is -0.732. The van der Waals surface area contributed by atoms with Gasteiger partial charge in [0.05, 0.1) is 0 Å². The fraction of sp³-hybridized carbons (Fsp3) is 0.250. The molecule has 0 aromatic heterocycles. The van der Waals surface area contributed by atoms with Crippen LogP contribution in [0.1, 0.15) is 11.6 Å². The molecule has 14 heavy (non-hydrogen) atoms. The Morgan fingerprint density at radius 1 is 1.14 bits per heavy atom. The molecule has 0 aliphatic heterocycles. The van der Waals surface area contributed by atoms with Crippen molar-refractivity contribution in [1.82, 2.24) is 0 Å². The van der Waals surface area contributed by atoms with Crippen LogP contribution in [-0.2, 0) is 0 Å². The predicted octanol–water partition coefficient (Wildman–Crippen LogP) is 2.53. The molecule has 0 bridgehead atoms. The van der Waals surface area contributed by atoms with Crippen LogP contribution in [0.3, 0.4) is 0 Å². The number of alkyl halides is 3. The molecule has 0 amide bonds. The molecule has 2 N–H and O–H groups in total. The third kappa shape index (κ3) is 2.20. The second-order valence-corrected chi connectivity index (χ2v) is 2.69. The number of rotatable bonds is 1. The highest BCUT2D eigenvalue weighted by Gasteiger charge is 2.39. The zero-order chi connectivity index (χ0) is 10.9. The van der Waals surface area contributed by atoms with Crippen LogP contribution in [0.15, 0.2) is 18.2 Å². The van der Waals surface area contributed by atoms with Gasteiger partial charge in [0.25, 0.3) is 0 Å². The Bertz CT molecular complexity index is 333. The molecule has 6 heteroatoms. The fourth-order valence-corrected chi connectivity index (χ4v) is 0.929. The summed E-state index contributed by atoms with van der Waals surface area (Å²) < 4.78 is 61.4. The van der Waals surface area contributed by atoms with Gasteiger partial charge in [0.1, 0.15) is 17.7 Å². The summed E-state index contributed by atoms with van der Waals surface area (Å²) in [7, 11) is 0. The van der Waals surface area contributed by atoms with Gasteiger partial charge in [-0.15, -0.1) is 0 Å². The Morgan fingerprint density at radius 2 is 1.71 bits per heavy atom. The number of hydrogen-bond acceptors (Lipinski definition) is 1. The minimum Gasteiger partial charge on any atom is -0.316 e. The first kappa shape index (κ1) is 10.9. The van der Waals surface area contributed by atoms with Gasteiger partial charge in [0, 0.05) is 5.56 Å². The molecule has 0 fully saturated rings. The fourth-order valence-electron chi connectivity index (χ4n) is 0.929. The molecule has 0 aliphatic rings. The normalized spacial score (nSPS) is 14.1. The van der Waals surface area contributed by atoms with E-state index in [1.165, 1.54) is 0 Å². The maximum atomic E-state index is 12.8. The van der Waals surface area contributed by atoms with Gasteiger partial charge >= 0.3 is 6.18 Å². The van der Waals surface area contributed by atoms with Gasteiger partial charge in [-0.3, -0.25) is 0 Å². The van der Waals surface area contributed by atoms with Crippen LogP contribution >= 0.6 is 0 Å². The quantitative estimate of drug-likeness (QED) is 0.709. The Morgan fingerprint density at radius 3 is 2.21 bits per heavy atom. The van der Waals surface area contributed by atoms with E-state index in [9.17, 15) is 22.0 Å². The van der Waals surface area contributed by atoms with Crippen molar-refractivity contribution >= 4 is 0 Å². The van der Waals surface area contributed by atoms with Gasteiger partial charge in [-0.1, -0.05) is 0 Å². The molecule has 0 unspecified atom stereocenters. The summed E-state index contributed by atoms with van der Waals surface area (Å²) in [4.78, 5) is 0. The molecular weight excluding hydrogens is 205 g/mol. The van der Waals surface area contributed by atoms with E-state index < -0.39 is 29.4 Å². The monoisotopic (exact) mass is 211 g/mol. The van der Waals surface area contributed by atoms with Gasteiger partial charge in [-0.2, -0.15) is 13.2 Å². The van der Waals surface area contributed by atoms with Crippen molar-refractivity contribution in [2.24, 2.45) is 5.73 Å². The minimum atomic E-state index is -4.78. The summed E-state index contributed by atoms with van der Waals surface area (Å²) >= 11 is 0. The van der Waals surface area contributed by atoms with Crippen molar-refractivity contribution in [3.8, 4) is 0 Å². The third-order valence-corrected chi connectivity index (χ3v) is 1.65. The maximum Gasteiger partial charge on any atom is 0.407 e. The maximum absolute atomic E-state index is 12.8. The smallest absolute Gasteiger partial charge is 0.316 e. The number of hydrogen-bond donors (Lipinski definition) is 1. The third-order valence-electron chi connectivity index (χ3n) is 1.65. The van der Waals surface area contributed by atoms with E-state index >= 15 is 0 Å². The summed E-state index contributed by atoms with van der Waals surface area (Å²) in [5.41, 5.74) is 3.82. The Kier molecular flexibility index (Phi) is 2.75. The summed E-state index contributed by atoms with van der Waals surface area (Å²) in [5, 5.41) is 0. The molecule has 0 radical (unpaired) electrons. The van der Waals surface area contributed by atoms with Crippen molar-refractivity contribution in [1.29, 1.82) is 0 Å². The van der Waals surface area contributed by atoms with Gasteiger partial charge in [0.2, 0.25) is 0 Å². The predicted molar refractivity (Wildman–Crippen MR) is 39.3 cm³/mol. The van der Waals surface area contributed by atoms with Crippen LogP contribution in [0, 0.1) is 11.6 Å². The van der Waals surface area contributed by atoms with E-state index in [0.29, 0.717) is 12.1 Å². The molecule has 1 nitrogen and oxygen atoms in total. The van der Waals surface area contributed by atoms with Crippen LogP contribution in [0.4, 0.5) is 22.0 Å². The van der Waals surface area contributed by atoms with E-state index in [0.717, 1.165) is 6.07 Å². The lowest BCUT2D eigenvalue weighted by atomic mass is 10.1. The molecule has 1 atom stereocenters. The van der Waals surface area contributed by atoms with Crippen molar-refractivity contribution < 1.29 is 22.0 Å². The van der Waals surface area contributed by atoms with E-state index in [-0.39, 0.29) is 0 Å². The standard InChI is InChI=1S/C8H6F5N/c9-4-1-2-6(10)5(3-4)7(14)8(11,12)13/h1-3,7H,14H2/t7-/m1/s1. The highest BCUT2D eigenvalue weighted by Crippen LogP contribution is 2.31. The molecule has 1 rings (SSSR count). The second kappa shape index (κ2) is 3.53. The largest absolute Gasteiger partial charge is 0.407 e. The first-order valence-electron chi connectivity index (χ1n) is 3.59. The Hall–Kier alpha value is -1.17. The van der Waals surface area contributed by atoms with Crippen molar-refractivity contribution in [3.63, 3.8) is 0 Å². The topological polar surface area (TPSA) is 26.0 Å². The van der Waals surface area contributed by atoms with Crippen LogP contribution in [0.25, 0.3) is 0 Å². The number of nitrogens with two attached hydrogens (primary N) is 1. The van der Waals surface area contributed by atoms with E-state index in [4.69, 9.17) is 5.73 Å². The lowest BCUT2D eigenvalue weighted by Crippen LogP contribution is -2.29. The van der Waals surface area contributed by atoms with Crippen molar-refractivity contribution in [2.45, 2.75) is 12.2 Å². The highest BCUT2D eigenvalue weighted by molar-refractivity contribution is 5.23. The molecule has 0 saturated carbocycles. The van der Waals surface area contributed by atoms with Gasteiger partial charge < -0.3 is 5.73 Å². The summed E-state index contributed by atoms with van der Waals surface area (Å²) in [6.07, 6.45) is -4.78. The molecule has 0 spiro atoms. The average molecular weight is 211 g/mol. The molecule has 0 aliphatic carbocycles. The van der Waals surface area contributed by atoms with Crippen LogP contribution in [0.2, 0.25) is 0 Å². The van der Waals surface area contributed by atoms with E-state index in [1.807, 2.05) is 0 Å². The van der Waals surface area contributed by atoms with E-state index in [2.05, 4.69) is 0 Å². The van der Waals surface area contributed by atoms with Crippen molar-refractivity contribution in [2.75, 3.05) is 0 Å². The molecule has 0 heterocycles. The second-order valence-electron chi connectivity index (χ2n) is 2.69. The minimum absolute atomic E-state index is 0.438. The van der Waals surface area contributed by atoms with Crippen LogP contribution in [-0.4, -0.2) is 6.18 Å². The molecule has 1 aromatic carbocycles. The molecule has 78 valence electrons. The SMILES string of the molecule is N[C@H](c1cc(F)ccc1F)C(F)(F)F. The first-order valence-corrected chi connectivity index (χ1v) is 3.59. The average Bonchev–Trinajstić information content (AvgIpc) is 2.06. The van der Waals surface area contributed by atoms with Gasteiger partial charge in [0.15, 0.2) is 0 Å². The number of benzene rings is 1. The van der Waals surface area contributed by atoms with Gasteiger partial charge in [-0.05, 0) is 18.2 Å². The van der Waals surface area contributed by atoms with Gasteiger partial charge in [-0.25, -0.2) is 8.78 Å². The highest BCUT2D eigenvalue weighted by atomic mass is 19.4. The zero-order valence-corrected chi connectivity index (χ0v) is 6.78. The van der Waals surface area contributed by atoms with Crippen LogP contribution < -0.4 is 5.73 Å². The molecule has 1 aromatic rings. The number of halogens is 5. The Labute approximate surface area is 76.3 Å². The lowest BCUT2D eigenvalue weighted by molar-refractivity contribution is -0.149. The van der Waals surface area contributed by atoms with Crippen LogP contribution in [0.5, 0.6) is 0 Å². The summed E-state index contributed by atoms with van der Waals surface area (Å²) in [6.45, 7) is 0. The van der Waals surface area contributed by atoms with E-state index in [1.54, 1.807) is 0 Å². The zero-order valence-electron chi connectivity index (χ0n) is 6.78. The summed E-state index contributed by atoms with van der Waals surface area (Å²) in [5.74, 6) is -2.13. The Balaban J connectivity index is 3.12. The molecule has 0 saturated heterocycles. The first-order chi connectivity index (χ1) is 6.32. The molecular formula is C8H6F5N.